The largest absolute Gasteiger partial charge is 0.495 e. The third kappa shape index (κ3) is 5.01. The molecule has 0 radical (unpaired) electrons. The number of aryl methyl sites for hydroxylation is 2. The van der Waals surface area contributed by atoms with E-state index in [1.165, 1.54) is 0 Å². The van der Waals surface area contributed by atoms with Crippen molar-refractivity contribution in [2.75, 3.05) is 24.0 Å². The fourth-order valence-corrected chi connectivity index (χ4v) is 4.86. The van der Waals surface area contributed by atoms with Gasteiger partial charge in [-0.15, -0.1) is 0 Å². The summed E-state index contributed by atoms with van der Waals surface area (Å²) in [6.45, 7) is 7.66. The maximum atomic E-state index is 6.21. The summed E-state index contributed by atoms with van der Waals surface area (Å²) in [6, 6.07) is 12.0. The highest BCUT2D eigenvalue weighted by Gasteiger charge is 2.36. The molecule has 38 heavy (non-hydrogen) atoms. The molecule has 12 heteroatoms. The summed E-state index contributed by atoms with van der Waals surface area (Å²) in [5.41, 5.74) is 26.4. The number of benzene rings is 2. The van der Waals surface area contributed by atoms with Crippen LogP contribution in [0, 0.1) is 0 Å². The lowest BCUT2D eigenvalue weighted by Gasteiger charge is -2.39. The van der Waals surface area contributed by atoms with E-state index in [0.29, 0.717) is 11.5 Å². The van der Waals surface area contributed by atoms with Gasteiger partial charge < -0.3 is 32.4 Å². The van der Waals surface area contributed by atoms with Gasteiger partial charge in [0.2, 0.25) is 23.8 Å². The topological polar surface area (TPSA) is 178 Å². The van der Waals surface area contributed by atoms with E-state index in [4.69, 9.17) is 32.4 Å². The molecule has 2 aromatic carbocycles. The molecule has 8 N–H and O–H groups in total. The number of nitrogens with two attached hydrogens (primary N) is 4. The highest BCUT2D eigenvalue weighted by Crippen LogP contribution is 2.37. The molecule has 2 heterocycles. The van der Waals surface area contributed by atoms with E-state index in [9.17, 15) is 0 Å². The number of aliphatic imine (C=N–C) groups is 4. The molecule has 4 rings (SSSR count). The first kappa shape index (κ1) is 26.6. The molecule has 2 aromatic rings. The number of methoxy groups -OCH3 is 2. The Morgan fingerprint density at radius 3 is 1.34 bits per heavy atom. The molecule has 12 nitrogen and oxygen atoms in total. The molecule has 0 aromatic heterocycles. The van der Waals surface area contributed by atoms with E-state index in [1.54, 1.807) is 14.2 Å². The smallest absolute Gasteiger partial charge is 0.220 e. The van der Waals surface area contributed by atoms with Gasteiger partial charge in [0.05, 0.1) is 25.6 Å². The van der Waals surface area contributed by atoms with Crippen LogP contribution < -0.4 is 42.2 Å². The molecule has 0 amide bonds. The van der Waals surface area contributed by atoms with Crippen LogP contribution in [-0.4, -0.2) is 49.4 Å². The zero-order valence-corrected chi connectivity index (χ0v) is 22.7. The van der Waals surface area contributed by atoms with Crippen LogP contribution in [0.15, 0.2) is 56.4 Å². The van der Waals surface area contributed by atoms with E-state index < -0.39 is 11.3 Å². The standard InChI is InChI=1S/C26H36N10O2/c1-25(2)33-21(27)31-23(29)35(25)17-11-9-15(13-19(17)37-5)7-8-16-10-12-18(20(14-16)38-6)36-24(30)32-22(28)34-26(36,3)4/h9-14H,7-8H2,1-6H3,(H4,27,29,31,33)(H4,28,30,32,34). The van der Waals surface area contributed by atoms with Crippen molar-refractivity contribution < 1.29 is 9.47 Å². The number of nitrogens with zero attached hydrogens (tertiary/aromatic N) is 6. The Hall–Kier alpha value is -4.48. The highest BCUT2D eigenvalue weighted by atomic mass is 16.5. The summed E-state index contributed by atoms with van der Waals surface area (Å²) in [6.07, 6.45) is 1.55. The third-order valence-corrected chi connectivity index (χ3v) is 6.46. The molecule has 0 unspecified atom stereocenters. The van der Waals surface area contributed by atoms with Crippen molar-refractivity contribution in [2.45, 2.75) is 51.9 Å². The number of rotatable bonds is 7. The van der Waals surface area contributed by atoms with Gasteiger partial charge >= 0.3 is 0 Å². The second-order valence-corrected chi connectivity index (χ2v) is 10.1. The Morgan fingerprint density at radius 2 is 1.03 bits per heavy atom. The summed E-state index contributed by atoms with van der Waals surface area (Å²) in [4.78, 5) is 20.7. The minimum atomic E-state index is -0.711. The number of guanidine groups is 4. The monoisotopic (exact) mass is 520 g/mol. The molecule has 0 spiro atoms. The van der Waals surface area contributed by atoms with Crippen LogP contribution >= 0.6 is 0 Å². The first-order valence-corrected chi connectivity index (χ1v) is 12.2. The van der Waals surface area contributed by atoms with Gasteiger partial charge in [0.25, 0.3) is 0 Å². The molecule has 0 saturated carbocycles. The Labute approximate surface area is 222 Å². The summed E-state index contributed by atoms with van der Waals surface area (Å²) < 4.78 is 11.4. The van der Waals surface area contributed by atoms with Crippen molar-refractivity contribution in [1.29, 1.82) is 0 Å². The van der Waals surface area contributed by atoms with Gasteiger partial charge in [-0.05, 0) is 75.9 Å². The number of anilines is 2. The van der Waals surface area contributed by atoms with Crippen molar-refractivity contribution in [2.24, 2.45) is 42.9 Å². The zero-order chi connectivity index (χ0) is 27.8. The fourth-order valence-electron chi connectivity index (χ4n) is 4.86. The van der Waals surface area contributed by atoms with Gasteiger partial charge in [-0.2, -0.15) is 9.98 Å². The normalized spacial score (nSPS) is 18.3. The van der Waals surface area contributed by atoms with Crippen molar-refractivity contribution >= 4 is 35.2 Å². The van der Waals surface area contributed by atoms with Gasteiger partial charge in [-0.3, -0.25) is 9.80 Å². The molecule has 0 fully saturated rings. The molecule has 2 aliphatic rings. The summed E-state index contributed by atoms with van der Waals surface area (Å²) in [7, 11) is 3.26. The minimum absolute atomic E-state index is 0.150. The first-order chi connectivity index (χ1) is 17.9. The second kappa shape index (κ2) is 9.77. The van der Waals surface area contributed by atoms with Crippen LogP contribution in [0.2, 0.25) is 0 Å². The average Bonchev–Trinajstić information content (AvgIpc) is 2.81. The third-order valence-electron chi connectivity index (χ3n) is 6.46. The average molecular weight is 521 g/mol. The number of ether oxygens (including phenoxy) is 2. The molecule has 202 valence electrons. The van der Waals surface area contributed by atoms with Crippen molar-refractivity contribution in [3.63, 3.8) is 0 Å². The Bertz CT molecular complexity index is 1260. The SMILES string of the molecule is COc1cc(CCc2ccc(N3C(N)=NC(N)=NC3(C)C)c(OC)c2)ccc1N1C(N)=NC(N)=NC1(C)C. The molecule has 0 atom stereocenters. The maximum Gasteiger partial charge on any atom is 0.220 e. The first-order valence-electron chi connectivity index (χ1n) is 12.2. The lowest BCUT2D eigenvalue weighted by molar-refractivity contribution is 0.410. The van der Waals surface area contributed by atoms with Crippen LogP contribution in [0.4, 0.5) is 11.4 Å². The molecular weight excluding hydrogens is 484 g/mol. The van der Waals surface area contributed by atoms with Crippen LogP contribution in [-0.2, 0) is 12.8 Å². The van der Waals surface area contributed by atoms with E-state index >= 15 is 0 Å². The fraction of sp³-hybridized carbons (Fsp3) is 0.385. The van der Waals surface area contributed by atoms with Crippen LogP contribution in [0.5, 0.6) is 11.5 Å². The minimum Gasteiger partial charge on any atom is -0.495 e. The Balaban J connectivity index is 1.55. The van der Waals surface area contributed by atoms with Crippen molar-refractivity contribution in [3.05, 3.63) is 47.5 Å². The van der Waals surface area contributed by atoms with Gasteiger partial charge in [0.15, 0.2) is 0 Å². The van der Waals surface area contributed by atoms with E-state index in [-0.39, 0.29) is 23.8 Å². The summed E-state index contributed by atoms with van der Waals surface area (Å²) >= 11 is 0. The Morgan fingerprint density at radius 1 is 0.658 bits per heavy atom. The molecule has 0 saturated heterocycles. The van der Waals surface area contributed by atoms with E-state index in [1.807, 2.05) is 73.9 Å². The predicted octanol–water partition coefficient (Wildman–Crippen LogP) is 1.86. The van der Waals surface area contributed by atoms with Gasteiger partial charge in [-0.25, -0.2) is 9.98 Å². The van der Waals surface area contributed by atoms with Crippen molar-refractivity contribution in [3.8, 4) is 11.5 Å². The lowest BCUT2D eigenvalue weighted by Crippen LogP contribution is -2.54. The summed E-state index contributed by atoms with van der Waals surface area (Å²) in [5, 5.41) is 0. The van der Waals surface area contributed by atoms with Gasteiger partial charge in [0.1, 0.15) is 22.8 Å². The number of hydrogen-bond acceptors (Lipinski definition) is 12. The van der Waals surface area contributed by atoms with E-state index in [0.717, 1.165) is 35.3 Å². The highest BCUT2D eigenvalue weighted by molar-refractivity contribution is 6.07. The molecular formula is C26H36N10O2. The molecule has 0 bridgehead atoms. The zero-order valence-electron chi connectivity index (χ0n) is 22.7. The lowest BCUT2D eigenvalue weighted by atomic mass is 10.0. The predicted molar refractivity (Wildman–Crippen MR) is 153 cm³/mol. The van der Waals surface area contributed by atoms with Gasteiger partial charge in [0, 0.05) is 0 Å². The second-order valence-electron chi connectivity index (χ2n) is 10.1. The quantitative estimate of drug-likeness (QED) is 0.427. The Kier molecular flexibility index (Phi) is 6.83. The van der Waals surface area contributed by atoms with Crippen LogP contribution in [0.25, 0.3) is 0 Å². The maximum absolute atomic E-state index is 6.21. The van der Waals surface area contributed by atoms with E-state index in [2.05, 4.69) is 20.0 Å². The summed E-state index contributed by atoms with van der Waals surface area (Å²) in [5.74, 6) is 2.15. The van der Waals surface area contributed by atoms with Crippen LogP contribution in [0.1, 0.15) is 38.8 Å². The number of hydrogen-bond donors (Lipinski definition) is 4. The van der Waals surface area contributed by atoms with Gasteiger partial charge in [-0.1, -0.05) is 12.1 Å². The van der Waals surface area contributed by atoms with Crippen molar-refractivity contribution in [1.82, 2.24) is 0 Å². The molecule has 0 aliphatic carbocycles. The molecule has 2 aliphatic heterocycles. The van der Waals surface area contributed by atoms with Crippen LogP contribution in [0.3, 0.4) is 0 Å².